The molecule has 0 bridgehead atoms. The zero-order valence-corrected chi connectivity index (χ0v) is 26.8. The van der Waals surface area contributed by atoms with Crippen molar-refractivity contribution < 1.29 is 38.6 Å². The average Bonchev–Trinajstić information content (AvgIpc) is 3.00. The van der Waals surface area contributed by atoms with Crippen molar-refractivity contribution in [2.45, 2.75) is 90.0 Å². The summed E-state index contributed by atoms with van der Waals surface area (Å²) in [5.74, 6) is -1.72. The Morgan fingerprint density at radius 2 is 1.67 bits per heavy atom. The van der Waals surface area contributed by atoms with Crippen LogP contribution in [0.2, 0.25) is 0 Å². The first kappa shape index (κ1) is 38.0. The van der Waals surface area contributed by atoms with Crippen LogP contribution in [0.1, 0.15) is 70.8 Å². The number of rotatable bonds is 18. The Hall–Kier alpha value is -4.17. The number of anilines is 1. The molecule has 8 N–H and O–H groups in total. The molecule has 0 saturated heterocycles. The smallest absolute Gasteiger partial charge is 0.407 e. The molecule has 2 rings (SSSR count). The number of carbonyl (C=O) groups excluding carboxylic acids is 5. The number of primary amides is 1. The first-order valence-electron chi connectivity index (χ1n) is 15.9. The van der Waals surface area contributed by atoms with Crippen LogP contribution in [0.25, 0.3) is 0 Å². The number of ether oxygens (including phenoxy) is 2. The van der Waals surface area contributed by atoms with Gasteiger partial charge in [0.2, 0.25) is 17.7 Å². The van der Waals surface area contributed by atoms with Gasteiger partial charge in [-0.1, -0.05) is 38.1 Å². The molecule has 3 atom stereocenters. The summed E-state index contributed by atoms with van der Waals surface area (Å²) in [6.07, 6.45) is 8.70. The Morgan fingerprint density at radius 3 is 2.37 bits per heavy atom. The molecular formula is C32H50N6O8. The molecule has 1 aliphatic carbocycles. The number of urea groups is 1. The van der Waals surface area contributed by atoms with Gasteiger partial charge in [-0.2, -0.15) is 0 Å². The standard InChI is InChI=1S/C32H50N6O8/c1-22(2)28(38-27(40)16-19-45-20-18-35-32(44)46-25-9-6-4-3-5-7-10-25)30(42)37-26(11-8-17-34-31(33)43)29(41)36-24-14-12-23(21-39)13-15-24/h3-4,12-15,22,25-26,28,39H,5-11,16-21H2,1-2H3,(H,35,44)(H,36,41)(H,37,42)(H,38,40)(H3,33,34,43)/b4-3+/t25?,26-,28+/m0/s1. The molecule has 0 spiro atoms. The Labute approximate surface area is 270 Å². The maximum absolute atomic E-state index is 13.3. The van der Waals surface area contributed by atoms with Gasteiger partial charge in [0.05, 0.1) is 19.8 Å². The lowest BCUT2D eigenvalue weighted by molar-refractivity contribution is -0.132. The van der Waals surface area contributed by atoms with E-state index in [9.17, 15) is 29.1 Å². The van der Waals surface area contributed by atoms with Gasteiger partial charge in [0.25, 0.3) is 0 Å². The minimum atomic E-state index is -0.968. The third kappa shape index (κ3) is 15.7. The molecule has 0 fully saturated rings. The van der Waals surface area contributed by atoms with Gasteiger partial charge in [-0.3, -0.25) is 14.4 Å². The van der Waals surface area contributed by atoms with Gasteiger partial charge in [0.15, 0.2) is 0 Å². The van der Waals surface area contributed by atoms with Gasteiger partial charge in [0, 0.05) is 25.2 Å². The summed E-state index contributed by atoms with van der Waals surface area (Å²) in [5.41, 5.74) is 6.27. The topological polar surface area (TPSA) is 210 Å². The van der Waals surface area contributed by atoms with Crippen molar-refractivity contribution in [3.8, 4) is 0 Å². The van der Waals surface area contributed by atoms with Crippen molar-refractivity contribution in [3.05, 3.63) is 42.0 Å². The van der Waals surface area contributed by atoms with Crippen LogP contribution in [0.4, 0.5) is 15.3 Å². The first-order valence-corrected chi connectivity index (χ1v) is 15.9. The fraction of sp³-hybridized carbons (Fsp3) is 0.594. The van der Waals surface area contributed by atoms with E-state index in [2.05, 4.69) is 38.7 Å². The number of amides is 6. The molecule has 0 saturated carbocycles. The average molecular weight is 647 g/mol. The predicted molar refractivity (Wildman–Crippen MR) is 172 cm³/mol. The summed E-state index contributed by atoms with van der Waals surface area (Å²) < 4.78 is 11.0. The van der Waals surface area contributed by atoms with Crippen LogP contribution in [0.5, 0.6) is 0 Å². The number of nitrogens with two attached hydrogens (primary N) is 1. The number of allylic oxidation sites excluding steroid dienone is 2. The van der Waals surface area contributed by atoms with Crippen LogP contribution in [0.3, 0.4) is 0 Å². The zero-order chi connectivity index (χ0) is 33.7. The lowest BCUT2D eigenvalue weighted by Gasteiger charge is -2.25. The SMILES string of the molecule is CC(C)[C@@H](NC(=O)CCOCCNC(=O)OC1CC/C=C/CCC1)C(=O)N[C@@H](CCCNC(N)=O)C(=O)Nc1ccc(CO)cc1. The summed E-state index contributed by atoms with van der Waals surface area (Å²) in [4.78, 5) is 62.1. The van der Waals surface area contributed by atoms with Crippen LogP contribution >= 0.6 is 0 Å². The molecule has 0 heterocycles. The van der Waals surface area contributed by atoms with E-state index in [4.69, 9.17) is 15.2 Å². The molecule has 0 aliphatic heterocycles. The van der Waals surface area contributed by atoms with E-state index in [1.165, 1.54) is 0 Å². The molecule has 1 aliphatic rings. The Bertz CT molecular complexity index is 1140. The second kappa shape index (κ2) is 21.5. The van der Waals surface area contributed by atoms with E-state index in [0.29, 0.717) is 17.7 Å². The third-order valence-corrected chi connectivity index (χ3v) is 7.25. The van der Waals surface area contributed by atoms with Crippen molar-refractivity contribution in [2.75, 3.05) is 31.6 Å². The summed E-state index contributed by atoms with van der Waals surface area (Å²) >= 11 is 0. The van der Waals surface area contributed by atoms with E-state index in [1.807, 2.05) is 0 Å². The number of alkyl carbamates (subject to hydrolysis) is 1. The maximum atomic E-state index is 13.3. The van der Waals surface area contributed by atoms with Gasteiger partial charge < -0.3 is 46.9 Å². The molecule has 6 amide bonds. The van der Waals surface area contributed by atoms with Crippen molar-refractivity contribution in [1.29, 1.82) is 0 Å². The number of aliphatic hydroxyl groups is 1. The van der Waals surface area contributed by atoms with Crippen molar-refractivity contribution in [2.24, 2.45) is 11.7 Å². The Morgan fingerprint density at radius 1 is 0.935 bits per heavy atom. The van der Waals surface area contributed by atoms with Crippen LogP contribution < -0.4 is 32.3 Å². The fourth-order valence-corrected chi connectivity index (χ4v) is 4.68. The highest BCUT2D eigenvalue weighted by Crippen LogP contribution is 2.15. The van der Waals surface area contributed by atoms with Gasteiger partial charge in [-0.15, -0.1) is 0 Å². The van der Waals surface area contributed by atoms with E-state index in [0.717, 1.165) is 32.1 Å². The molecule has 256 valence electrons. The number of benzene rings is 1. The highest BCUT2D eigenvalue weighted by Gasteiger charge is 2.29. The second-order valence-corrected chi connectivity index (χ2v) is 11.4. The number of hydrogen-bond donors (Lipinski definition) is 7. The number of nitrogens with one attached hydrogen (secondary N) is 5. The molecule has 14 nitrogen and oxygen atoms in total. The van der Waals surface area contributed by atoms with E-state index in [1.54, 1.807) is 38.1 Å². The summed E-state index contributed by atoms with van der Waals surface area (Å²) in [6.45, 7) is 4.11. The van der Waals surface area contributed by atoms with Crippen LogP contribution in [-0.4, -0.2) is 79.4 Å². The summed E-state index contributed by atoms with van der Waals surface area (Å²) in [7, 11) is 0. The van der Waals surface area contributed by atoms with Gasteiger partial charge in [0.1, 0.15) is 18.2 Å². The van der Waals surface area contributed by atoms with E-state index >= 15 is 0 Å². The molecule has 1 unspecified atom stereocenters. The second-order valence-electron chi connectivity index (χ2n) is 11.4. The summed E-state index contributed by atoms with van der Waals surface area (Å²) in [6, 6.07) is 4.01. The van der Waals surface area contributed by atoms with Gasteiger partial charge in [-0.25, -0.2) is 9.59 Å². The predicted octanol–water partition coefficient (Wildman–Crippen LogP) is 2.21. The lowest BCUT2D eigenvalue weighted by Crippen LogP contribution is -2.54. The largest absolute Gasteiger partial charge is 0.446 e. The molecule has 0 aromatic heterocycles. The normalized spacial score (nSPS) is 16.6. The summed E-state index contributed by atoms with van der Waals surface area (Å²) in [5, 5.41) is 22.5. The van der Waals surface area contributed by atoms with Gasteiger partial charge >= 0.3 is 12.1 Å². The number of carbonyl (C=O) groups is 5. The minimum Gasteiger partial charge on any atom is -0.446 e. The van der Waals surface area contributed by atoms with Crippen molar-refractivity contribution in [3.63, 3.8) is 0 Å². The minimum absolute atomic E-state index is 0.0108. The van der Waals surface area contributed by atoms with Gasteiger partial charge in [-0.05, 0) is 68.6 Å². The maximum Gasteiger partial charge on any atom is 0.407 e. The molecule has 46 heavy (non-hydrogen) atoms. The highest BCUT2D eigenvalue weighted by molar-refractivity contribution is 5.98. The quantitative estimate of drug-likeness (QED) is 0.0926. The Balaban J connectivity index is 1.80. The molecule has 0 radical (unpaired) electrons. The lowest BCUT2D eigenvalue weighted by atomic mass is 10.0. The molecule has 1 aromatic rings. The third-order valence-electron chi connectivity index (χ3n) is 7.25. The van der Waals surface area contributed by atoms with Crippen LogP contribution in [0.15, 0.2) is 36.4 Å². The molecular weight excluding hydrogens is 596 g/mol. The highest BCUT2D eigenvalue weighted by atomic mass is 16.6. The van der Waals surface area contributed by atoms with E-state index in [-0.39, 0.29) is 57.8 Å². The zero-order valence-electron chi connectivity index (χ0n) is 26.8. The number of hydrogen-bond acceptors (Lipinski definition) is 8. The fourth-order valence-electron chi connectivity index (χ4n) is 4.68. The Kier molecular flexibility index (Phi) is 17.8. The van der Waals surface area contributed by atoms with Crippen LogP contribution in [0, 0.1) is 5.92 Å². The monoisotopic (exact) mass is 646 g/mol. The van der Waals surface area contributed by atoms with Crippen LogP contribution in [-0.2, 0) is 30.5 Å². The molecule has 1 aromatic carbocycles. The van der Waals surface area contributed by atoms with Crippen molar-refractivity contribution >= 4 is 35.5 Å². The molecule has 14 heteroatoms. The number of aliphatic hydroxyl groups excluding tert-OH is 1. The van der Waals surface area contributed by atoms with Crippen molar-refractivity contribution in [1.82, 2.24) is 21.3 Å². The first-order chi connectivity index (χ1) is 22.1. The van der Waals surface area contributed by atoms with E-state index < -0.39 is 41.9 Å².